The Balaban J connectivity index is 2.88. The summed E-state index contributed by atoms with van der Waals surface area (Å²) < 4.78 is 0. The summed E-state index contributed by atoms with van der Waals surface area (Å²) in [6.07, 6.45) is 0. The molecule has 1 aromatic carbocycles. The maximum atomic E-state index is 12.3. The highest BCUT2D eigenvalue weighted by atomic mass is 16.3. The highest BCUT2D eigenvalue weighted by Gasteiger charge is 2.18. The first-order valence-corrected chi connectivity index (χ1v) is 6.49. The van der Waals surface area contributed by atoms with Crippen LogP contribution in [0.25, 0.3) is 0 Å². The van der Waals surface area contributed by atoms with Crippen molar-refractivity contribution in [1.82, 2.24) is 4.90 Å². The summed E-state index contributed by atoms with van der Waals surface area (Å²) in [7, 11) is 0. The van der Waals surface area contributed by atoms with Gasteiger partial charge in [0.25, 0.3) is 5.91 Å². The lowest BCUT2D eigenvalue weighted by Crippen LogP contribution is -2.39. The largest absolute Gasteiger partial charge is 0.395 e. The van der Waals surface area contributed by atoms with Crippen LogP contribution in [0.1, 0.15) is 49.5 Å². The third-order valence-electron chi connectivity index (χ3n) is 3.05. The van der Waals surface area contributed by atoms with Crippen LogP contribution in [-0.2, 0) is 0 Å². The SMILES string of the molecule is CC(C)c1ccc(C(=O)N(CCO)C(C)C)cc1. The predicted molar refractivity (Wildman–Crippen MR) is 73.8 cm³/mol. The molecule has 1 amide bonds. The van der Waals surface area contributed by atoms with Gasteiger partial charge in [0.2, 0.25) is 0 Å². The number of benzene rings is 1. The maximum Gasteiger partial charge on any atom is 0.254 e. The zero-order valence-corrected chi connectivity index (χ0v) is 11.7. The van der Waals surface area contributed by atoms with E-state index in [4.69, 9.17) is 5.11 Å². The smallest absolute Gasteiger partial charge is 0.254 e. The van der Waals surface area contributed by atoms with Gasteiger partial charge in [-0.05, 0) is 37.5 Å². The van der Waals surface area contributed by atoms with Crippen molar-refractivity contribution in [1.29, 1.82) is 0 Å². The summed E-state index contributed by atoms with van der Waals surface area (Å²) in [6.45, 7) is 8.54. The van der Waals surface area contributed by atoms with E-state index < -0.39 is 0 Å². The van der Waals surface area contributed by atoms with Gasteiger partial charge in [0.1, 0.15) is 0 Å². The van der Waals surface area contributed by atoms with Gasteiger partial charge in [0.15, 0.2) is 0 Å². The first-order valence-electron chi connectivity index (χ1n) is 6.49. The minimum atomic E-state index is -0.0191. The highest BCUT2D eigenvalue weighted by molar-refractivity contribution is 5.94. The molecule has 0 aliphatic heterocycles. The first kappa shape index (κ1) is 14.7. The molecule has 100 valence electrons. The molecule has 0 saturated carbocycles. The van der Waals surface area contributed by atoms with Crippen LogP contribution < -0.4 is 0 Å². The summed E-state index contributed by atoms with van der Waals surface area (Å²) in [6, 6.07) is 7.81. The van der Waals surface area contributed by atoms with E-state index in [2.05, 4.69) is 13.8 Å². The van der Waals surface area contributed by atoms with Gasteiger partial charge < -0.3 is 10.0 Å². The third-order valence-corrected chi connectivity index (χ3v) is 3.05. The molecular weight excluding hydrogens is 226 g/mol. The van der Waals surface area contributed by atoms with Crippen LogP contribution in [0, 0.1) is 0 Å². The van der Waals surface area contributed by atoms with Gasteiger partial charge in [-0.25, -0.2) is 0 Å². The second-order valence-corrected chi connectivity index (χ2v) is 5.09. The first-order chi connectivity index (χ1) is 8.47. The monoisotopic (exact) mass is 249 g/mol. The zero-order chi connectivity index (χ0) is 13.7. The van der Waals surface area contributed by atoms with Crippen molar-refractivity contribution in [3.8, 4) is 0 Å². The second-order valence-electron chi connectivity index (χ2n) is 5.09. The normalized spacial score (nSPS) is 11.1. The molecule has 0 spiro atoms. The Labute approximate surface area is 109 Å². The van der Waals surface area contributed by atoms with Crippen molar-refractivity contribution in [2.75, 3.05) is 13.2 Å². The van der Waals surface area contributed by atoms with E-state index in [1.54, 1.807) is 4.90 Å². The van der Waals surface area contributed by atoms with Crippen molar-refractivity contribution >= 4 is 5.91 Å². The lowest BCUT2D eigenvalue weighted by Gasteiger charge is -2.26. The van der Waals surface area contributed by atoms with Crippen molar-refractivity contribution in [3.05, 3.63) is 35.4 Å². The van der Waals surface area contributed by atoms with E-state index >= 15 is 0 Å². The fourth-order valence-electron chi connectivity index (χ4n) is 1.88. The van der Waals surface area contributed by atoms with Gasteiger partial charge in [0.05, 0.1) is 6.61 Å². The molecule has 1 rings (SSSR count). The molecule has 3 nitrogen and oxygen atoms in total. The molecule has 0 atom stereocenters. The van der Waals surface area contributed by atoms with Crippen LogP contribution >= 0.6 is 0 Å². The van der Waals surface area contributed by atoms with E-state index in [1.807, 2.05) is 38.1 Å². The number of nitrogens with zero attached hydrogens (tertiary/aromatic N) is 1. The topological polar surface area (TPSA) is 40.5 Å². The molecule has 18 heavy (non-hydrogen) atoms. The number of carbonyl (C=O) groups is 1. The zero-order valence-electron chi connectivity index (χ0n) is 11.7. The molecule has 3 heteroatoms. The number of aliphatic hydroxyl groups excluding tert-OH is 1. The summed E-state index contributed by atoms with van der Waals surface area (Å²) in [5, 5.41) is 9.00. The number of aliphatic hydroxyl groups is 1. The van der Waals surface area contributed by atoms with Crippen LogP contribution in [0.5, 0.6) is 0 Å². The molecule has 0 aliphatic rings. The highest BCUT2D eigenvalue weighted by Crippen LogP contribution is 2.16. The summed E-state index contributed by atoms with van der Waals surface area (Å²) in [4.78, 5) is 14.0. The van der Waals surface area contributed by atoms with E-state index in [9.17, 15) is 4.79 Å². The maximum absolute atomic E-state index is 12.3. The molecule has 1 aromatic rings. The molecule has 0 aromatic heterocycles. The quantitative estimate of drug-likeness (QED) is 0.871. The van der Waals surface area contributed by atoms with E-state index in [-0.39, 0.29) is 18.6 Å². The van der Waals surface area contributed by atoms with Crippen molar-refractivity contribution in [2.45, 2.75) is 39.7 Å². The van der Waals surface area contributed by atoms with Crippen molar-refractivity contribution in [3.63, 3.8) is 0 Å². The second kappa shape index (κ2) is 6.55. The van der Waals surface area contributed by atoms with Crippen LogP contribution in [0.4, 0.5) is 0 Å². The lowest BCUT2D eigenvalue weighted by molar-refractivity contribution is 0.0665. The van der Waals surface area contributed by atoms with Gasteiger partial charge in [-0.3, -0.25) is 4.79 Å². The summed E-state index contributed by atoms with van der Waals surface area (Å²) in [5.41, 5.74) is 1.91. The molecule has 0 bridgehead atoms. The molecule has 0 saturated heterocycles. The fraction of sp³-hybridized carbons (Fsp3) is 0.533. The van der Waals surface area contributed by atoms with Crippen LogP contribution in [0.15, 0.2) is 24.3 Å². The molecule has 0 fully saturated rings. The van der Waals surface area contributed by atoms with Gasteiger partial charge in [0, 0.05) is 18.2 Å². The molecular formula is C15H23NO2. The Morgan fingerprint density at radius 3 is 2.11 bits per heavy atom. The van der Waals surface area contributed by atoms with Crippen molar-refractivity contribution < 1.29 is 9.90 Å². The Morgan fingerprint density at radius 1 is 1.17 bits per heavy atom. The van der Waals surface area contributed by atoms with Gasteiger partial charge in [-0.2, -0.15) is 0 Å². The van der Waals surface area contributed by atoms with Crippen LogP contribution in [0.3, 0.4) is 0 Å². The Kier molecular flexibility index (Phi) is 5.35. The summed E-state index contributed by atoms with van der Waals surface area (Å²) >= 11 is 0. The number of hydrogen-bond acceptors (Lipinski definition) is 2. The molecule has 0 aliphatic carbocycles. The minimum Gasteiger partial charge on any atom is -0.395 e. The average Bonchev–Trinajstić information content (AvgIpc) is 2.35. The standard InChI is InChI=1S/C15H23NO2/c1-11(2)13-5-7-14(8-6-13)15(18)16(9-10-17)12(3)4/h5-8,11-12,17H,9-10H2,1-4H3. The number of hydrogen-bond donors (Lipinski definition) is 1. The lowest BCUT2D eigenvalue weighted by atomic mass is 10.0. The number of carbonyl (C=O) groups excluding carboxylic acids is 1. The minimum absolute atomic E-state index is 0.00595. The van der Waals surface area contributed by atoms with Crippen molar-refractivity contribution in [2.24, 2.45) is 0 Å². The molecule has 0 radical (unpaired) electrons. The van der Waals surface area contributed by atoms with E-state index in [0.717, 1.165) is 0 Å². The van der Waals surface area contributed by atoms with E-state index in [1.165, 1.54) is 5.56 Å². The summed E-state index contributed by atoms with van der Waals surface area (Å²) in [5.74, 6) is 0.446. The average molecular weight is 249 g/mol. The van der Waals surface area contributed by atoms with Gasteiger partial charge in [-0.15, -0.1) is 0 Å². The Morgan fingerprint density at radius 2 is 1.72 bits per heavy atom. The number of amides is 1. The number of rotatable bonds is 5. The molecule has 0 heterocycles. The molecule has 0 unspecified atom stereocenters. The fourth-order valence-corrected chi connectivity index (χ4v) is 1.88. The molecule has 1 N–H and O–H groups in total. The van der Waals surface area contributed by atoms with Gasteiger partial charge >= 0.3 is 0 Å². The Hall–Kier alpha value is -1.35. The van der Waals surface area contributed by atoms with Gasteiger partial charge in [-0.1, -0.05) is 26.0 Å². The van der Waals surface area contributed by atoms with Crippen LogP contribution in [0.2, 0.25) is 0 Å². The predicted octanol–water partition coefficient (Wildman–Crippen LogP) is 2.65. The Bertz CT molecular complexity index is 382. The third kappa shape index (κ3) is 3.57. The van der Waals surface area contributed by atoms with E-state index in [0.29, 0.717) is 18.0 Å². The van der Waals surface area contributed by atoms with Crippen LogP contribution in [-0.4, -0.2) is 35.1 Å².